The van der Waals surface area contributed by atoms with Crippen LogP contribution in [-0.4, -0.2) is 11.1 Å². The fourth-order valence-electron chi connectivity index (χ4n) is 2.59. The third-order valence-electron chi connectivity index (χ3n) is 4.01. The minimum atomic E-state index is -0.566. The molecule has 0 saturated carbocycles. The predicted octanol–water partition coefficient (Wildman–Crippen LogP) is 4.81. The second kappa shape index (κ2) is 7.67. The van der Waals surface area contributed by atoms with Crippen LogP contribution < -0.4 is 5.32 Å². The first-order chi connectivity index (χ1) is 11.6. The lowest BCUT2D eigenvalue weighted by Gasteiger charge is -2.20. The Labute approximate surface area is 146 Å². The molecule has 124 valence electrons. The zero-order chi connectivity index (χ0) is 16.9. The molecule has 0 fully saturated rings. The Morgan fingerprint density at radius 1 is 1.00 bits per heavy atom. The SMILES string of the molecule is CC(NCc1ccc(-c2ccccc2Cl)o1)C(O)c1ccccc1. The first kappa shape index (κ1) is 16.8. The number of furan rings is 1. The molecular formula is C20H20ClNO2. The Morgan fingerprint density at radius 3 is 2.46 bits per heavy atom. The van der Waals surface area contributed by atoms with Gasteiger partial charge >= 0.3 is 0 Å². The van der Waals surface area contributed by atoms with Crippen LogP contribution in [0.3, 0.4) is 0 Å². The van der Waals surface area contributed by atoms with Gasteiger partial charge < -0.3 is 14.8 Å². The average Bonchev–Trinajstić information content (AvgIpc) is 3.09. The van der Waals surface area contributed by atoms with E-state index in [0.29, 0.717) is 11.6 Å². The smallest absolute Gasteiger partial charge is 0.135 e. The topological polar surface area (TPSA) is 45.4 Å². The van der Waals surface area contributed by atoms with Gasteiger partial charge in [-0.2, -0.15) is 0 Å². The van der Waals surface area contributed by atoms with E-state index < -0.39 is 6.10 Å². The van der Waals surface area contributed by atoms with Crippen LogP contribution >= 0.6 is 11.6 Å². The van der Waals surface area contributed by atoms with Crippen molar-refractivity contribution in [1.29, 1.82) is 0 Å². The van der Waals surface area contributed by atoms with E-state index in [1.807, 2.05) is 73.7 Å². The predicted molar refractivity (Wildman–Crippen MR) is 96.9 cm³/mol. The Balaban J connectivity index is 1.62. The van der Waals surface area contributed by atoms with Crippen molar-refractivity contribution in [1.82, 2.24) is 5.32 Å². The minimum absolute atomic E-state index is 0.0961. The molecule has 0 radical (unpaired) electrons. The van der Waals surface area contributed by atoms with E-state index in [-0.39, 0.29) is 6.04 Å². The lowest BCUT2D eigenvalue weighted by molar-refractivity contribution is 0.134. The summed E-state index contributed by atoms with van der Waals surface area (Å²) < 4.78 is 5.86. The van der Waals surface area contributed by atoms with Crippen LogP contribution in [-0.2, 0) is 6.54 Å². The van der Waals surface area contributed by atoms with E-state index >= 15 is 0 Å². The lowest BCUT2D eigenvalue weighted by Crippen LogP contribution is -2.31. The van der Waals surface area contributed by atoms with Crippen molar-refractivity contribution >= 4 is 11.6 Å². The molecule has 3 nitrogen and oxygen atoms in total. The monoisotopic (exact) mass is 341 g/mol. The minimum Gasteiger partial charge on any atom is -0.460 e. The van der Waals surface area contributed by atoms with E-state index in [2.05, 4.69) is 5.32 Å². The molecule has 2 unspecified atom stereocenters. The Bertz CT molecular complexity index is 785. The van der Waals surface area contributed by atoms with E-state index in [0.717, 1.165) is 22.6 Å². The molecule has 0 aliphatic rings. The normalized spacial score (nSPS) is 13.6. The maximum Gasteiger partial charge on any atom is 0.135 e. The van der Waals surface area contributed by atoms with Gasteiger partial charge in [0.25, 0.3) is 0 Å². The van der Waals surface area contributed by atoms with Crippen LogP contribution in [0.15, 0.2) is 71.1 Å². The molecule has 0 bridgehead atoms. The second-order valence-electron chi connectivity index (χ2n) is 5.77. The number of halogens is 1. The van der Waals surface area contributed by atoms with Crippen LogP contribution in [0.4, 0.5) is 0 Å². The average molecular weight is 342 g/mol. The summed E-state index contributed by atoms with van der Waals surface area (Å²) in [6.07, 6.45) is -0.566. The molecule has 0 spiro atoms. The maximum absolute atomic E-state index is 10.4. The first-order valence-electron chi connectivity index (χ1n) is 7.95. The Morgan fingerprint density at radius 2 is 1.71 bits per heavy atom. The summed E-state index contributed by atoms with van der Waals surface area (Å²) in [4.78, 5) is 0. The number of nitrogens with one attached hydrogen (secondary N) is 1. The molecule has 1 heterocycles. The van der Waals surface area contributed by atoms with Gasteiger partial charge in [0, 0.05) is 11.6 Å². The molecule has 3 rings (SSSR count). The van der Waals surface area contributed by atoms with Crippen LogP contribution in [0.2, 0.25) is 5.02 Å². The molecule has 3 aromatic rings. The van der Waals surface area contributed by atoms with Gasteiger partial charge in [-0.1, -0.05) is 54.1 Å². The van der Waals surface area contributed by atoms with Crippen LogP contribution in [0.25, 0.3) is 11.3 Å². The molecule has 0 aliphatic carbocycles. The standard InChI is InChI=1S/C20H20ClNO2/c1-14(20(23)15-7-3-2-4-8-15)22-13-16-11-12-19(24-16)17-9-5-6-10-18(17)21/h2-12,14,20,22-23H,13H2,1H3. The summed E-state index contributed by atoms with van der Waals surface area (Å²) in [5.41, 5.74) is 1.77. The summed E-state index contributed by atoms with van der Waals surface area (Å²) in [5, 5.41) is 14.3. The van der Waals surface area contributed by atoms with Crippen molar-refractivity contribution in [2.75, 3.05) is 0 Å². The van der Waals surface area contributed by atoms with Crippen molar-refractivity contribution in [3.05, 3.63) is 83.1 Å². The lowest BCUT2D eigenvalue weighted by atomic mass is 10.0. The number of benzene rings is 2. The van der Waals surface area contributed by atoms with Gasteiger partial charge in [-0.25, -0.2) is 0 Å². The fourth-order valence-corrected chi connectivity index (χ4v) is 2.82. The quantitative estimate of drug-likeness (QED) is 0.676. The van der Waals surface area contributed by atoms with Crippen molar-refractivity contribution in [2.24, 2.45) is 0 Å². The highest BCUT2D eigenvalue weighted by atomic mass is 35.5. The summed E-state index contributed by atoms with van der Waals surface area (Å²) in [6.45, 7) is 2.49. The highest BCUT2D eigenvalue weighted by Gasteiger charge is 2.16. The van der Waals surface area contributed by atoms with Gasteiger partial charge in [-0.3, -0.25) is 0 Å². The number of hydrogen-bond acceptors (Lipinski definition) is 3. The molecule has 0 aliphatic heterocycles. The first-order valence-corrected chi connectivity index (χ1v) is 8.33. The third-order valence-corrected chi connectivity index (χ3v) is 4.34. The molecule has 2 aromatic carbocycles. The summed E-state index contributed by atoms with van der Waals surface area (Å²) >= 11 is 6.20. The molecule has 24 heavy (non-hydrogen) atoms. The third kappa shape index (κ3) is 3.88. The van der Waals surface area contributed by atoms with Crippen LogP contribution in [0.5, 0.6) is 0 Å². The number of hydrogen-bond donors (Lipinski definition) is 2. The Hall–Kier alpha value is -2.07. The Kier molecular flexibility index (Phi) is 5.36. The van der Waals surface area contributed by atoms with Gasteiger partial charge in [0.1, 0.15) is 11.5 Å². The molecular weight excluding hydrogens is 322 g/mol. The number of aliphatic hydroxyl groups is 1. The van der Waals surface area contributed by atoms with Gasteiger partial charge in [0.2, 0.25) is 0 Å². The van der Waals surface area contributed by atoms with E-state index in [1.54, 1.807) is 0 Å². The zero-order valence-corrected chi connectivity index (χ0v) is 14.2. The van der Waals surface area contributed by atoms with E-state index in [9.17, 15) is 5.11 Å². The van der Waals surface area contributed by atoms with E-state index in [4.69, 9.17) is 16.0 Å². The van der Waals surface area contributed by atoms with Crippen molar-refractivity contribution < 1.29 is 9.52 Å². The summed E-state index contributed by atoms with van der Waals surface area (Å²) in [7, 11) is 0. The highest BCUT2D eigenvalue weighted by molar-refractivity contribution is 6.33. The molecule has 0 amide bonds. The highest BCUT2D eigenvalue weighted by Crippen LogP contribution is 2.29. The molecule has 0 saturated heterocycles. The summed E-state index contributed by atoms with van der Waals surface area (Å²) in [6, 6.07) is 21.0. The molecule has 1 aromatic heterocycles. The fraction of sp³-hybridized carbons (Fsp3) is 0.200. The number of aliphatic hydroxyl groups excluding tert-OH is 1. The second-order valence-corrected chi connectivity index (χ2v) is 6.18. The van der Waals surface area contributed by atoms with Gasteiger partial charge in [-0.15, -0.1) is 0 Å². The summed E-state index contributed by atoms with van der Waals surface area (Å²) in [5.74, 6) is 1.55. The van der Waals surface area contributed by atoms with Gasteiger partial charge in [0.05, 0.1) is 17.7 Å². The van der Waals surface area contributed by atoms with Crippen molar-refractivity contribution in [2.45, 2.75) is 25.6 Å². The molecule has 2 N–H and O–H groups in total. The van der Waals surface area contributed by atoms with Crippen LogP contribution in [0, 0.1) is 0 Å². The van der Waals surface area contributed by atoms with E-state index in [1.165, 1.54) is 0 Å². The van der Waals surface area contributed by atoms with Crippen molar-refractivity contribution in [3.8, 4) is 11.3 Å². The van der Waals surface area contributed by atoms with Gasteiger partial charge in [0.15, 0.2) is 0 Å². The van der Waals surface area contributed by atoms with Gasteiger partial charge in [-0.05, 0) is 36.8 Å². The zero-order valence-electron chi connectivity index (χ0n) is 13.4. The largest absolute Gasteiger partial charge is 0.460 e. The van der Waals surface area contributed by atoms with Crippen molar-refractivity contribution in [3.63, 3.8) is 0 Å². The molecule has 4 heteroatoms. The van der Waals surface area contributed by atoms with Crippen LogP contribution in [0.1, 0.15) is 24.4 Å². The maximum atomic E-state index is 10.4. The molecule has 2 atom stereocenters. The number of rotatable bonds is 6.